The van der Waals surface area contributed by atoms with Crippen LogP contribution in [-0.4, -0.2) is 52.2 Å². The summed E-state index contributed by atoms with van der Waals surface area (Å²) in [6.45, 7) is 6.67. The van der Waals surface area contributed by atoms with E-state index in [1.54, 1.807) is 4.68 Å². The number of hydrogen-bond acceptors (Lipinski definition) is 3. The molecule has 2 aromatic rings. The summed E-state index contributed by atoms with van der Waals surface area (Å²) in [5.74, 6) is 0.144. The molecule has 23 heavy (non-hydrogen) atoms. The van der Waals surface area contributed by atoms with Crippen molar-refractivity contribution in [1.82, 2.24) is 19.6 Å². The zero-order valence-electron chi connectivity index (χ0n) is 14.1. The predicted octanol–water partition coefficient (Wildman–Crippen LogP) is 2.02. The molecule has 1 aliphatic rings. The number of benzene rings is 1. The quantitative estimate of drug-likeness (QED) is 0.870. The Bertz CT molecular complexity index is 680. The number of rotatable bonds is 3. The first-order chi connectivity index (χ1) is 11.0. The second kappa shape index (κ2) is 6.54. The van der Waals surface area contributed by atoms with Crippen LogP contribution in [0.1, 0.15) is 23.0 Å². The van der Waals surface area contributed by atoms with Gasteiger partial charge in [0.25, 0.3) is 0 Å². The fourth-order valence-corrected chi connectivity index (χ4v) is 3.20. The fraction of sp³-hybridized carbons (Fsp3) is 0.444. The SMILES string of the molecule is Cc1cc(C)n(CC(=O)N2CCN(C)C(c3ccccc3)C2)n1. The summed E-state index contributed by atoms with van der Waals surface area (Å²) in [5, 5.41) is 4.40. The molecule has 1 atom stereocenters. The highest BCUT2D eigenvalue weighted by Gasteiger charge is 2.28. The second-order valence-corrected chi connectivity index (χ2v) is 6.33. The number of piperazine rings is 1. The molecule has 5 heteroatoms. The van der Waals surface area contributed by atoms with Gasteiger partial charge in [0, 0.05) is 25.3 Å². The van der Waals surface area contributed by atoms with Crippen LogP contribution < -0.4 is 0 Å². The minimum atomic E-state index is 0.144. The first kappa shape index (κ1) is 15.7. The van der Waals surface area contributed by atoms with Crippen molar-refractivity contribution in [3.8, 4) is 0 Å². The van der Waals surface area contributed by atoms with Gasteiger partial charge in [-0.25, -0.2) is 0 Å². The van der Waals surface area contributed by atoms with Crippen LogP contribution in [-0.2, 0) is 11.3 Å². The summed E-state index contributed by atoms with van der Waals surface area (Å²) in [7, 11) is 2.13. The molecule has 1 saturated heterocycles. The Labute approximate surface area is 137 Å². The van der Waals surface area contributed by atoms with Gasteiger partial charge >= 0.3 is 0 Å². The third-order valence-corrected chi connectivity index (χ3v) is 4.57. The van der Waals surface area contributed by atoms with Crippen LogP contribution in [0.15, 0.2) is 36.4 Å². The van der Waals surface area contributed by atoms with Crippen LogP contribution in [0.5, 0.6) is 0 Å². The summed E-state index contributed by atoms with van der Waals surface area (Å²) in [5.41, 5.74) is 3.25. The van der Waals surface area contributed by atoms with Crippen molar-refractivity contribution >= 4 is 5.91 Å². The largest absolute Gasteiger partial charge is 0.338 e. The van der Waals surface area contributed by atoms with Gasteiger partial charge < -0.3 is 4.90 Å². The molecular weight excluding hydrogens is 288 g/mol. The highest BCUT2D eigenvalue weighted by Crippen LogP contribution is 2.24. The molecule has 2 heterocycles. The van der Waals surface area contributed by atoms with E-state index in [1.807, 2.05) is 30.9 Å². The van der Waals surface area contributed by atoms with Crippen LogP contribution in [0.2, 0.25) is 0 Å². The van der Waals surface area contributed by atoms with Crippen LogP contribution in [0.25, 0.3) is 0 Å². The average Bonchev–Trinajstić information content (AvgIpc) is 2.86. The van der Waals surface area contributed by atoms with E-state index in [0.29, 0.717) is 6.54 Å². The van der Waals surface area contributed by atoms with Crippen LogP contribution in [0.3, 0.4) is 0 Å². The molecule has 0 spiro atoms. The third kappa shape index (κ3) is 3.45. The molecule has 1 aliphatic heterocycles. The second-order valence-electron chi connectivity index (χ2n) is 6.33. The van der Waals surface area contributed by atoms with Crippen molar-refractivity contribution in [1.29, 1.82) is 0 Å². The van der Waals surface area contributed by atoms with Crippen LogP contribution >= 0.6 is 0 Å². The Morgan fingerprint density at radius 2 is 1.96 bits per heavy atom. The molecule has 122 valence electrons. The van der Waals surface area contributed by atoms with Crippen molar-refractivity contribution in [2.75, 3.05) is 26.7 Å². The van der Waals surface area contributed by atoms with E-state index < -0.39 is 0 Å². The van der Waals surface area contributed by atoms with Gasteiger partial charge in [0.05, 0.1) is 11.7 Å². The normalized spacial score (nSPS) is 19.1. The summed E-state index contributed by atoms with van der Waals surface area (Å²) >= 11 is 0. The highest BCUT2D eigenvalue weighted by atomic mass is 16.2. The molecule has 0 saturated carbocycles. The van der Waals surface area contributed by atoms with E-state index in [4.69, 9.17) is 0 Å². The average molecular weight is 312 g/mol. The number of aromatic nitrogens is 2. The molecule has 0 bridgehead atoms. The van der Waals surface area contributed by atoms with Crippen molar-refractivity contribution < 1.29 is 4.79 Å². The molecule has 0 aliphatic carbocycles. The fourth-order valence-electron chi connectivity index (χ4n) is 3.20. The topological polar surface area (TPSA) is 41.4 Å². The molecule has 0 radical (unpaired) electrons. The smallest absolute Gasteiger partial charge is 0.244 e. The maximum absolute atomic E-state index is 12.7. The third-order valence-electron chi connectivity index (χ3n) is 4.57. The Morgan fingerprint density at radius 3 is 2.61 bits per heavy atom. The van der Waals surface area contributed by atoms with Gasteiger partial charge in [-0.2, -0.15) is 5.10 Å². The Kier molecular flexibility index (Phi) is 4.48. The zero-order chi connectivity index (χ0) is 16.4. The number of hydrogen-bond donors (Lipinski definition) is 0. The Morgan fingerprint density at radius 1 is 1.22 bits per heavy atom. The van der Waals surface area contributed by atoms with E-state index in [9.17, 15) is 4.79 Å². The van der Waals surface area contributed by atoms with Gasteiger partial charge in [0.1, 0.15) is 6.54 Å². The molecule has 5 nitrogen and oxygen atoms in total. The first-order valence-corrected chi connectivity index (χ1v) is 8.08. The van der Waals surface area contributed by atoms with Crippen LogP contribution in [0, 0.1) is 13.8 Å². The van der Waals surface area contributed by atoms with Gasteiger partial charge in [-0.15, -0.1) is 0 Å². The summed E-state index contributed by atoms with van der Waals surface area (Å²) < 4.78 is 1.80. The Hall–Kier alpha value is -2.14. The lowest BCUT2D eigenvalue weighted by Gasteiger charge is -2.39. The lowest BCUT2D eigenvalue weighted by molar-refractivity contribution is -0.134. The molecule has 1 aromatic carbocycles. The lowest BCUT2D eigenvalue weighted by atomic mass is 10.0. The predicted molar refractivity (Wildman–Crippen MR) is 90.1 cm³/mol. The van der Waals surface area contributed by atoms with Crippen molar-refractivity contribution in [2.45, 2.75) is 26.4 Å². The highest BCUT2D eigenvalue weighted by molar-refractivity contribution is 5.76. The number of likely N-dealkylation sites (N-methyl/N-ethyl adjacent to an activating group) is 1. The molecule has 1 unspecified atom stereocenters. The molecule has 1 fully saturated rings. The van der Waals surface area contributed by atoms with Crippen molar-refractivity contribution in [2.24, 2.45) is 0 Å². The van der Waals surface area contributed by atoms with Gasteiger partial charge in [0.15, 0.2) is 0 Å². The summed E-state index contributed by atoms with van der Waals surface area (Å²) in [4.78, 5) is 16.9. The van der Waals surface area contributed by atoms with Crippen LogP contribution in [0.4, 0.5) is 0 Å². The number of aryl methyl sites for hydroxylation is 2. The molecule has 0 N–H and O–H groups in total. The number of amides is 1. The lowest BCUT2D eigenvalue weighted by Crippen LogP contribution is -2.49. The van der Waals surface area contributed by atoms with E-state index >= 15 is 0 Å². The maximum atomic E-state index is 12.7. The summed E-state index contributed by atoms with van der Waals surface area (Å²) in [6.07, 6.45) is 0. The van der Waals surface area contributed by atoms with Gasteiger partial charge in [-0.1, -0.05) is 30.3 Å². The van der Waals surface area contributed by atoms with Gasteiger partial charge in [-0.3, -0.25) is 14.4 Å². The standard InChI is InChI=1S/C18H24N4O/c1-14-11-15(2)22(19-14)13-18(23)21-10-9-20(3)17(12-21)16-7-5-4-6-8-16/h4-8,11,17H,9-10,12-13H2,1-3H3. The van der Waals surface area contributed by atoms with E-state index in [2.05, 4.69) is 41.3 Å². The van der Waals surface area contributed by atoms with Crippen molar-refractivity contribution in [3.05, 3.63) is 53.3 Å². The van der Waals surface area contributed by atoms with Crippen molar-refractivity contribution in [3.63, 3.8) is 0 Å². The minimum Gasteiger partial charge on any atom is -0.338 e. The molecule has 1 aromatic heterocycles. The van der Waals surface area contributed by atoms with Gasteiger partial charge in [-0.05, 0) is 32.5 Å². The Balaban J connectivity index is 1.71. The number of nitrogens with zero attached hydrogens (tertiary/aromatic N) is 4. The molecule has 1 amide bonds. The van der Waals surface area contributed by atoms with Gasteiger partial charge in [0.2, 0.25) is 5.91 Å². The maximum Gasteiger partial charge on any atom is 0.244 e. The first-order valence-electron chi connectivity index (χ1n) is 8.08. The van der Waals surface area contributed by atoms with E-state index in [0.717, 1.165) is 31.0 Å². The molecule has 3 rings (SSSR count). The molecular formula is C18H24N4O. The number of carbonyl (C=O) groups excluding carboxylic acids is 1. The zero-order valence-corrected chi connectivity index (χ0v) is 14.1. The monoisotopic (exact) mass is 312 g/mol. The van der Waals surface area contributed by atoms with E-state index in [-0.39, 0.29) is 11.9 Å². The summed E-state index contributed by atoms with van der Waals surface area (Å²) in [6, 6.07) is 12.7. The number of carbonyl (C=O) groups is 1. The minimum absolute atomic E-state index is 0.144. The van der Waals surface area contributed by atoms with E-state index in [1.165, 1.54) is 5.56 Å².